The van der Waals surface area contributed by atoms with Crippen LogP contribution in [0.1, 0.15) is 33.5 Å². The molecular weight excluding hydrogens is 527 g/mol. The number of aromatic nitrogens is 2. The van der Waals surface area contributed by atoms with Crippen molar-refractivity contribution in [2.45, 2.75) is 33.2 Å². The monoisotopic (exact) mass is 555 g/mol. The lowest BCUT2D eigenvalue weighted by Gasteiger charge is -2.61. The van der Waals surface area contributed by atoms with Gasteiger partial charge in [0.1, 0.15) is 11.4 Å². The molecule has 2 fully saturated rings. The number of thiazole rings is 1. The number of nitrogens with zero attached hydrogens (tertiary/aromatic N) is 4. The van der Waals surface area contributed by atoms with Crippen LogP contribution in [0, 0.1) is 12.3 Å². The van der Waals surface area contributed by atoms with Crippen LogP contribution in [-0.2, 0) is 13.0 Å². The predicted molar refractivity (Wildman–Crippen MR) is 145 cm³/mol. The maximum Gasteiger partial charge on any atom is 0.573 e. The summed E-state index contributed by atoms with van der Waals surface area (Å²) in [7, 11) is 0. The van der Waals surface area contributed by atoms with Crippen LogP contribution in [-0.4, -0.2) is 47.8 Å². The van der Waals surface area contributed by atoms with E-state index in [2.05, 4.69) is 37.0 Å². The number of ether oxygens (including phenoxy) is 1. The first-order chi connectivity index (χ1) is 18.6. The van der Waals surface area contributed by atoms with Gasteiger partial charge in [0.25, 0.3) is 5.91 Å². The maximum absolute atomic E-state index is 13.0. The average molecular weight is 556 g/mol. The zero-order chi connectivity index (χ0) is 27.4. The summed E-state index contributed by atoms with van der Waals surface area (Å²) >= 11 is 1.58. The molecular formula is C28H28F3N5O2S. The minimum absolute atomic E-state index is 0.122. The number of halogens is 3. The van der Waals surface area contributed by atoms with Crippen molar-refractivity contribution in [3.63, 3.8) is 0 Å². The fraction of sp³-hybridized carbons (Fsp3) is 0.357. The largest absolute Gasteiger partial charge is 0.573 e. The Hall–Kier alpha value is -3.73. The number of hydrogen-bond acceptors (Lipinski definition) is 6. The molecule has 204 valence electrons. The molecule has 0 saturated carbocycles. The first-order valence-corrected chi connectivity index (χ1v) is 13.6. The van der Waals surface area contributed by atoms with E-state index in [-0.39, 0.29) is 17.1 Å². The number of anilines is 2. The quantitative estimate of drug-likeness (QED) is 0.330. The second-order valence-electron chi connectivity index (χ2n) is 10.4. The van der Waals surface area contributed by atoms with Gasteiger partial charge in [-0.25, -0.2) is 4.98 Å². The molecule has 0 unspecified atom stereocenters. The number of nitrogens with one attached hydrogen (secondary N) is 1. The summed E-state index contributed by atoms with van der Waals surface area (Å²) in [5.41, 5.74) is 4.69. The summed E-state index contributed by atoms with van der Waals surface area (Å²) in [6.07, 6.45) is -2.02. The Labute approximate surface area is 227 Å². The van der Waals surface area contributed by atoms with Gasteiger partial charge in [-0.3, -0.25) is 9.20 Å². The molecule has 1 N–H and O–H groups in total. The average Bonchev–Trinajstić information content (AvgIpc) is 3.37. The molecule has 2 aliphatic heterocycles. The number of amides is 1. The Bertz CT molecular complexity index is 1500. The summed E-state index contributed by atoms with van der Waals surface area (Å²) in [5.74, 6) is -0.329. The van der Waals surface area contributed by atoms with E-state index >= 15 is 0 Å². The van der Waals surface area contributed by atoms with Crippen molar-refractivity contribution in [2.24, 2.45) is 5.41 Å². The predicted octanol–water partition coefficient (Wildman–Crippen LogP) is 5.42. The van der Waals surface area contributed by atoms with Crippen molar-refractivity contribution in [2.75, 3.05) is 36.0 Å². The van der Waals surface area contributed by atoms with Gasteiger partial charge in [0, 0.05) is 60.6 Å². The van der Waals surface area contributed by atoms with Gasteiger partial charge in [0.05, 0.1) is 5.69 Å². The number of carbonyl (C=O) groups excluding carboxylic acids is 1. The van der Waals surface area contributed by atoms with Crippen LogP contribution < -0.4 is 19.9 Å². The molecule has 0 bridgehead atoms. The third kappa shape index (κ3) is 5.03. The summed E-state index contributed by atoms with van der Waals surface area (Å²) in [6, 6.07) is 14.3. The molecule has 7 nitrogen and oxygen atoms in total. The molecule has 1 spiro atoms. The van der Waals surface area contributed by atoms with Crippen LogP contribution in [0.5, 0.6) is 5.75 Å². The van der Waals surface area contributed by atoms with Crippen LogP contribution in [0.3, 0.4) is 0 Å². The lowest BCUT2D eigenvalue weighted by Crippen LogP contribution is -2.72. The lowest BCUT2D eigenvalue weighted by molar-refractivity contribution is -0.274. The molecule has 2 aromatic carbocycles. The number of rotatable bonds is 7. The van der Waals surface area contributed by atoms with Gasteiger partial charge in [-0.2, -0.15) is 0 Å². The number of benzene rings is 2. The molecule has 4 aromatic rings. The highest BCUT2D eigenvalue weighted by molar-refractivity contribution is 7.17. The van der Waals surface area contributed by atoms with Crippen molar-refractivity contribution in [1.82, 2.24) is 14.7 Å². The molecule has 2 aliphatic rings. The van der Waals surface area contributed by atoms with Gasteiger partial charge in [0.2, 0.25) is 0 Å². The summed E-state index contributed by atoms with van der Waals surface area (Å²) < 4.78 is 43.0. The highest BCUT2D eigenvalue weighted by atomic mass is 32.1. The Morgan fingerprint density at radius 1 is 1.03 bits per heavy atom. The van der Waals surface area contributed by atoms with Gasteiger partial charge in [-0.15, -0.1) is 24.5 Å². The third-order valence-corrected chi connectivity index (χ3v) is 8.26. The molecule has 2 saturated heterocycles. The van der Waals surface area contributed by atoms with Crippen LogP contribution in [0.25, 0.3) is 4.96 Å². The molecule has 2 aromatic heterocycles. The van der Waals surface area contributed by atoms with E-state index < -0.39 is 6.36 Å². The SMILES string of the molecule is CCc1nc2sc(C)cn2c1C(=O)NCc1ccc(N2CC3(C2)CN(c2ccc(OC(F)(F)F)cc2)C3)cc1. The highest BCUT2D eigenvalue weighted by Gasteiger charge is 2.51. The van der Waals surface area contributed by atoms with Crippen molar-refractivity contribution < 1.29 is 22.7 Å². The molecule has 11 heteroatoms. The molecule has 39 heavy (non-hydrogen) atoms. The zero-order valence-electron chi connectivity index (χ0n) is 21.6. The van der Waals surface area contributed by atoms with Gasteiger partial charge in [-0.1, -0.05) is 19.1 Å². The highest BCUT2D eigenvalue weighted by Crippen LogP contribution is 2.44. The molecule has 1 amide bonds. The smallest absolute Gasteiger partial charge is 0.406 e. The van der Waals surface area contributed by atoms with Gasteiger partial charge in [-0.05, 0) is 55.3 Å². The van der Waals surface area contributed by atoms with E-state index in [0.717, 1.165) is 58.6 Å². The molecule has 0 radical (unpaired) electrons. The molecule has 0 aliphatic carbocycles. The normalized spacial score (nSPS) is 16.3. The Balaban J connectivity index is 0.998. The van der Waals surface area contributed by atoms with Crippen LogP contribution in [0.2, 0.25) is 0 Å². The van der Waals surface area contributed by atoms with Crippen LogP contribution in [0.4, 0.5) is 24.5 Å². The van der Waals surface area contributed by atoms with Crippen molar-refractivity contribution in [3.8, 4) is 5.75 Å². The third-order valence-electron chi connectivity index (χ3n) is 7.36. The van der Waals surface area contributed by atoms with E-state index in [1.54, 1.807) is 23.5 Å². The van der Waals surface area contributed by atoms with E-state index in [9.17, 15) is 18.0 Å². The topological polar surface area (TPSA) is 62.1 Å². The maximum atomic E-state index is 13.0. The van der Waals surface area contributed by atoms with Gasteiger partial charge < -0.3 is 19.9 Å². The minimum Gasteiger partial charge on any atom is -0.406 e. The summed E-state index contributed by atoms with van der Waals surface area (Å²) in [4.78, 5) is 24.1. The standard InChI is InChI=1S/C28H28F3N5O2S/c1-3-23-24(36-13-18(2)39-26(36)33-23)25(37)32-12-19-4-6-20(7-5-19)34-14-27(15-34)16-35(17-27)21-8-10-22(11-9-21)38-28(29,30)31/h4-11,13H,3,12,14-17H2,1-2H3,(H,32,37). The van der Waals surface area contributed by atoms with E-state index in [0.29, 0.717) is 18.7 Å². The number of hydrogen-bond donors (Lipinski definition) is 1. The summed E-state index contributed by atoms with van der Waals surface area (Å²) in [6.45, 7) is 8.07. The Morgan fingerprint density at radius 3 is 2.18 bits per heavy atom. The van der Waals surface area contributed by atoms with E-state index in [1.807, 2.05) is 36.6 Å². The fourth-order valence-electron chi connectivity index (χ4n) is 5.53. The van der Waals surface area contributed by atoms with Crippen molar-refractivity contribution in [1.29, 1.82) is 0 Å². The van der Waals surface area contributed by atoms with Crippen LogP contribution >= 0.6 is 11.3 Å². The van der Waals surface area contributed by atoms with Crippen molar-refractivity contribution in [3.05, 3.63) is 76.6 Å². The number of alkyl halides is 3. The van der Waals surface area contributed by atoms with Crippen LogP contribution in [0.15, 0.2) is 54.7 Å². The van der Waals surface area contributed by atoms with Crippen molar-refractivity contribution >= 4 is 33.6 Å². The lowest BCUT2D eigenvalue weighted by atomic mass is 9.72. The molecule has 6 rings (SSSR count). The Kier molecular flexibility index (Phi) is 6.21. The second kappa shape index (κ2) is 9.48. The molecule has 4 heterocycles. The van der Waals surface area contributed by atoms with E-state index in [1.165, 1.54) is 12.1 Å². The first-order valence-electron chi connectivity index (χ1n) is 12.8. The Morgan fingerprint density at radius 2 is 1.62 bits per heavy atom. The van der Waals surface area contributed by atoms with Gasteiger partial charge >= 0.3 is 6.36 Å². The number of fused-ring (bicyclic) bond motifs is 1. The second-order valence-corrected chi connectivity index (χ2v) is 11.6. The number of aryl methyl sites for hydroxylation is 2. The summed E-state index contributed by atoms with van der Waals surface area (Å²) in [5, 5.41) is 3.04. The van der Waals surface area contributed by atoms with E-state index in [4.69, 9.17) is 0 Å². The number of imidazole rings is 1. The first kappa shape index (κ1) is 25.5. The van der Waals surface area contributed by atoms with Gasteiger partial charge in [0.15, 0.2) is 4.96 Å². The molecule has 0 atom stereocenters. The fourth-order valence-corrected chi connectivity index (χ4v) is 6.37. The number of carbonyl (C=O) groups is 1. The zero-order valence-corrected chi connectivity index (χ0v) is 22.4. The minimum atomic E-state index is -4.68.